The number of nitrogens with one attached hydrogen (secondary N) is 1. The molecule has 20 heavy (non-hydrogen) atoms. The first-order valence-electron chi connectivity index (χ1n) is 6.67. The highest BCUT2D eigenvalue weighted by atomic mass is 19.1. The number of rotatable bonds is 4. The van der Waals surface area contributed by atoms with Crippen LogP contribution in [-0.2, 0) is 0 Å². The standard InChI is InChI=1S/C14H19FN2O3/c15-12-2-1-3-13(6-12)16-14(20)17-5-4-10(7-17)11(8-18)9-19/h1-3,6,10-11,18-19H,4-5,7-9H2,(H,16,20)/t10-/m0/s1. The monoisotopic (exact) mass is 282 g/mol. The first-order valence-corrected chi connectivity index (χ1v) is 6.67. The average molecular weight is 282 g/mol. The molecule has 1 aliphatic rings. The number of likely N-dealkylation sites (tertiary alicyclic amines) is 1. The Kier molecular flexibility index (Phi) is 4.92. The van der Waals surface area contributed by atoms with Crippen molar-refractivity contribution in [3.05, 3.63) is 30.1 Å². The molecule has 6 heteroatoms. The van der Waals surface area contributed by atoms with Gasteiger partial charge in [-0.1, -0.05) is 6.07 Å². The second-order valence-electron chi connectivity index (χ2n) is 5.06. The van der Waals surface area contributed by atoms with Gasteiger partial charge in [-0.05, 0) is 30.5 Å². The van der Waals surface area contributed by atoms with Crippen molar-refractivity contribution in [2.24, 2.45) is 11.8 Å². The lowest BCUT2D eigenvalue weighted by Gasteiger charge is -2.20. The van der Waals surface area contributed by atoms with Crippen molar-refractivity contribution in [3.63, 3.8) is 0 Å². The molecule has 1 atom stereocenters. The zero-order chi connectivity index (χ0) is 14.5. The van der Waals surface area contributed by atoms with Gasteiger partial charge in [-0.25, -0.2) is 9.18 Å². The molecule has 110 valence electrons. The van der Waals surface area contributed by atoms with Gasteiger partial charge in [0.05, 0.1) is 0 Å². The van der Waals surface area contributed by atoms with Crippen LogP contribution in [0.1, 0.15) is 6.42 Å². The van der Waals surface area contributed by atoms with Crippen molar-refractivity contribution in [1.29, 1.82) is 0 Å². The molecular weight excluding hydrogens is 263 g/mol. The number of amides is 2. The van der Waals surface area contributed by atoms with E-state index in [0.29, 0.717) is 18.8 Å². The van der Waals surface area contributed by atoms with Crippen molar-refractivity contribution in [3.8, 4) is 0 Å². The fourth-order valence-electron chi connectivity index (χ4n) is 2.48. The number of nitrogens with zero attached hydrogens (tertiary/aromatic N) is 1. The Morgan fingerprint density at radius 2 is 2.20 bits per heavy atom. The number of urea groups is 1. The Morgan fingerprint density at radius 1 is 1.45 bits per heavy atom. The molecule has 3 N–H and O–H groups in total. The maximum Gasteiger partial charge on any atom is 0.321 e. The average Bonchev–Trinajstić information content (AvgIpc) is 2.90. The summed E-state index contributed by atoms with van der Waals surface area (Å²) in [6, 6.07) is 5.45. The van der Waals surface area contributed by atoms with E-state index in [1.807, 2.05) is 0 Å². The minimum absolute atomic E-state index is 0.0828. The van der Waals surface area contributed by atoms with E-state index in [1.54, 1.807) is 11.0 Å². The fraction of sp³-hybridized carbons (Fsp3) is 0.500. The van der Waals surface area contributed by atoms with Crippen LogP contribution in [0.4, 0.5) is 14.9 Å². The molecule has 1 heterocycles. The molecule has 5 nitrogen and oxygen atoms in total. The van der Waals surface area contributed by atoms with Crippen LogP contribution in [0.15, 0.2) is 24.3 Å². The highest BCUT2D eigenvalue weighted by Crippen LogP contribution is 2.24. The van der Waals surface area contributed by atoms with Gasteiger partial charge in [-0.3, -0.25) is 0 Å². The summed E-state index contributed by atoms with van der Waals surface area (Å²) in [6.07, 6.45) is 0.752. The van der Waals surface area contributed by atoms with Crippen LogP contribution >= 0.6 is 0 Å². The predicted molar refractivity (Wildman–Crippen MR) is 72.8 cm³/mol. The minimum Gasteiger partial charge on any atom is -0.396 e. The zero-order valence-electron chi connectivity index (χ0n) is 11.1. The number of halogens is 1. The summed E-state index contributed by atoms with van der Waals surface area (Å²) in [4.78, 5) is 13.7. The Morgan fingerprint density at radius 3 is 2.85 bits per heavy atom. The largest absolute Gasteiger partial charge is 0.396 e. The third-order valence-corrected chi connectivity index (χ3v) is 3.72. The molecule has 1 aromatic rings. The normalized spacial score (nSPS) is 18.6. The van der Waals surface area contributed by atoms with Gasteiger partial charge in [-0.15, -0.1) is 0 Å². The van der Waals surface area contributed by atoms with E-state index in [9.17, 15) is 9.18 Å². The van der Waals surface area contributed by atoms with Crippen LogP contribution in [0, 0.1) is 17.7 Å². The number of hydrogen-bond donors (Lipinski definition) is 3. The molecule has 1 aliphatic heterocycles. The second-order valence-corrected chi connectivity index (χ2v) is 5.06. The first kappa shape index (κ1) is 14.7. The summed E-state index contributed by atoms with van der Waals surface area (Å²) < 4.78 is 13.0. The van der Waals surface area contributed by atoms with Crippen molar-refractivity contribution in [1.82, 2.24) is 4.90 Å². The quantitative estimate of drug-likeness (QED) is 0.779. The molecule has 0 unspecified atom stereocenters. The number of aliphatic hydroxyl groups is 2. The van der Waals surface area contributed by atoms with Gasteiger partial charge in [0.2, 0.25) is 0 Å². The Labute approximate surface area is 117 Å². The molecule has 0 radical (unpaired) electrons. The number of carbonyl (C=O) groups is 1. The highest BCUT2D eigenvalue weighted by Gasteiger charge is 2.31. The zero-order valence-corrected chi connectivity index (χ0v) is 11.1. The fourth-order valence-corrected chi connectivity index (χ4v) is 2.48. The van der Waals surface area contributed by atoms with Gasteiger partial charge in [0, 0.05) is 37.9 Å². The third kappa shape index (κ3) is 3.46. The van der Waals surface area contributed by atoms with Crippen LogP contribution < -0.4 is 5.32 Å². The van der Waals surface area contributed by atoms with E-state index < -0.39 is 5.82 Å². The van der Waals surface area contributed by atoms with Gasteiger partial charge in [0.15, 0.2) is 0 Å². The number of carbonyl (C=O) groups excluding carboxylic acids is 1. The molecular formula is C14H19FN2O3. The number of benzene rings is 1. The van der Waals surface area contributed by atoms with Gasteiger partial charge < -0.3 is 20.4 Å². The second kappa shape index (κ2) is 6.67. The van der Waals surface area contributed by atoms with Crippen molar-refractivity contribution in [2.75, 3.05) is 31.6 Å². The van der Waals surface area contributed by atoms with Crippen LogP contribution in [0.2, 0.25) is 0 Å². The van der Waals surface area contributed by atoms with E-state index in [1.165, 1.54) is 18.2 Å². The third-order valence-electron chi connectivity index (χ3n) is 3.72. The van der Waals surface area contributed by atoms with Crippen molar-refractivity contribution < 1.29 is 19.4 Å². The highest BCUT2D eigenvalue weighted by molar-refractivity contribution is 5.89. The molecule has 0 spiro atoms. The van der Waals surface area contributed by atoms with Gasteiger partial charge in [0.25, 0.3) is 0 Å². The smallest absolute Gasteiger partial charge is 0.321 e. The molecule has 1 fully saturated rings. The molecule has 2 amide bonds. The summed E-state index contributed by atoms with van der Waals surface area (Å²) in [6.45, 7) is 0.899. The molecule has 2 rings (SSSR count). The number of anilines is 1. The maximum absolute atomic E-state index is 13.0. The van der Waals surface area contributed by atoms with E-state index >= 15 is 0 Å². The Balaban J connectivity index is 1.91. The summed E-state index contributed by atoms with van der Waals surface area (Å²) in [5.41, 5.74) is 0.416. The van der Waals surface area contributed by atoms with Crippen molar-refractivity contribution in [2.45, 2.75) is 6.42 Å². The van der Waals surface area contributed by atoms with E-state index in [0.717, 1.165) is 6.42 Å². The van der Waals surface area contributed by atoms with E-state index in [4.69, 9.17) is 10.2 Å². The summed E-state index contributed by atoms with van der Waals surface area (Å²) >= 11 is 0. The lowest BCUT2D eigenvalue weighted by atomic mass is 9.93. The minimum atomic E-state index is -0.400. The van der Waals surface area contributed by atoms with Gasteiger partial charge in [-0.2, -0.15) is 0 Å². The summed E-state index contributed by atoms with van der Waals surface area (Å²) in [7, 11) is 0. The number of aliphatic hydroxyl groups excluding tert-OH is 2. The Hall–Kier alpha value is -1.66. The predicted octanol–water partition coefficient (Wildman–Crippen LogP) is 1.28. The van der Waals surface area contributed by atoms with E-state index in [2.05, 4.69) is 5.32 Å². The summed E-state index contributed by atoms with van der Waals surface area (Å²) in [5, 5.41) is 21.0. The molecule has 1 aromatic carbocycles. The topological polar surface area (TPSA) is 72.8 Å². The van der Waals surface area contributed by atoms with Crippen LogP contribution in [0.5, 0.6) is 0 Å². The van der Waals surface area contributed by atoms with Gasteiger partial charge in [0.1, 0.15) is 5.82 Å². The lowest BCUT2D eigenvalue weighted by Crippen LogP contribution is -2.34. The van der Waals surface area contributed by atoms with Gasteiger partial charge >= 0.3 is 6.03 Å². The first-order chi connectivity index (χ1) is 9.63. The van der Waals surface area contributed by atoms with E-state index in [-0.39, 0.29) is 31.1 Å². The molecule has 0 saturated carbocycles. The lowest BCUT2D eigenvalue weighted by molar-refractivity contribution is 0.109. The van der Waals surface area contributed by atoms with Crippen LogP contribution in [0.3, 0.4) is 0 Å². The summed E-state index contributed by atoms with van der Waals surface area (Å²) in [5.74, 6) is -0.493. The number of hydrogen-bond acceptors (Lipinski definition) is 3. The Bertz CT molecular complexity index is 465. The van der Waals surface area contributed by atoms with Crippen LogP contribution in [0.25, 0.3) is 0 Å². The van der Waals surface area contributed by atoms with Crippen LogP contribution in [-0.4, -0.2) is 47.4 Å². The maximum atomic E-state index is 13.0. The molecule has 0 aliphatic carbocycles. The van der Waals surface area contributed by atoms with Crippen molar-refractivity contribution >= 4 is 11.7 Å². The molecule has 0 aromatic heterocycles. The molecule has 1 saturated heterocycles. The molecule has 0 bridgehead atoms. The SMILES string of the molecule is O=C(Nc1cccc(F)c1)N1CC[C@H](C(CO)CO)C1.